The maximum absolute atomic E-state index is 11.7. The Morgan fingerprint density at radius 2 is 2.31 bits per heavy atom. The quantitative estimate of drug-likeness (QED) is 0.759. The topological polar surface area (TPSA) is 64.4 Å². The van der Waals surface area contributed by atoms with Crippen molar-refractivity contribution in [3.63, 3.8) is 0 Å². The molecule has 0 saturated carbocycles. The highest BCUT2D eigenvalue weighted by Crippen LogP contribution is 2.23. The smallest absolute Gasteiger partial charge is 0.237 e. The largest absolute Gasteiger partial charge is 0.375 e. The lowest BCUT2D eigenvalue weighted by atomic mass is 9.93. The Kier molecular flexibility index (Phi) is 4.74. The molecule has 0 spiro atoms. The van der Waals surface area contributed by atoms with Gasteiger partial charge in [0.25, 0.3) is 0 Å². The summed E-state index contributed by atoms with van der Waals surface area (Å²) in [7, 11) is 0. The lowest BCUT2D eigenvalue weighted by molar-refractivity contribution is -0.125. The van der Waals surface area contributed by atoms with E-state index >= 15 is 0 Å². The Balaban J connectivity index is 2.39. The molecule has 0 radical (unpaired) electrons. The highest BCUT2D eigenvalue weighted by molar-refractivity contribution is 5.81. The van der Waals surface area contributed by atoms with Crippen molar-refractivity contribution in [1.82, 2.24) is 5.32 Å². The normalized spacial score (nSPS) is 26.1. The van der Waals surface area contributed by atoms with Crippen LogP contribution in [0.1, 0.15) is 46.5 Å². The van der Waals surface area contributed by atoms with Crippen LogP contribution in [0.2, 0.25) is 0 Å². The summed E-state index contributed by atoms with van der Waals surface area (Å²) >= 11 is 0. The number of hydrogen-bond acceptors (Lipinski definition) is 3. The van der Waals surface area contributed by atoms with Gasteiger partial charge in [-0.3, -0.25) is 4.79 Å². The fraction of sp³-hybridized carbons (Fsp3) is 0.917. The van der Waals surface area contributed by atoms with E-state index < -0.39 is 0 Å². The minimum absolute atomic E-state index is 0.0236. The first kappa shape index (κ1) is 13.5. The number of nitrogens with two attached hydrogens (primary N) is 1. The average Bonchev–Trinajstić information content (AvgIpc) is 2.16. The standard InChI is InChI=1S/C12H24N2O2/c1-4-5-10(13)11(15)14-9-6-7-16-12(2,3)8-9/h9-10H,4-8,13H2,1-3H3,(H,14,15). The van der Waals surface area contributed by atoms with Crippen LogP contribution in [-0.4, -0.2) is 30.2 Å². The Hall–Kier alpha value is -0.610. The van der Waals surface area contributed by atoms with Crippen LogP contribution in [0, 0.1) is 0 Å². The molecule has 2 atom stereocenters. The van der Waals surface area contributed by atoms with E-state index in [-0.39, 0.29) is 23.6 Å². The van der Waals surface area contributed by atoms with Crippen molar-refractivity contribution < 1.29 is 9.53 Å². The summed E-state index contributed by atoms with van der Waals surface area (Å²) in [6.07, 6.45) is 3.43. The SMILES string of the molecule is CCCC(N)C(=O)NC1CCOC(C)(C)C1. The first-order valence-corrected chi connectivity index (χ1v) is 6.14. The van der Waals surface area contributed by atoms with Gasteiger partial charge in [0.05, 0.1) is 11.6 Å². The highest BCUT2D eigenvalue weighted by Gasteiger charge is 2.30. The first-order valence-electron chi connectivity index (χ1n) is 6.14. The molecule has 4 heteroatoms. The van der Waals surface area contributed by atoms with E-state index in [4.69, 9.17) is 10.5 Å². The van der Waals surface area contributed by atoms with Gasteiger partial charge in [0.1, 0.15) is 0 Å². The van der Waals surface area contributed by atoms with Crippen LogP contribution in [0.3, 0.4) is 0 Å². The number of amides is 1. The molecule has 94 valence electrons. The van der Waals surface area contributed by atoms with Crippen molar-refractivity contribution in [2.24, 2.45) is 5.73 Å². The maximum atomic E-state index is 11.7. The predicted octanol–water partition coefficient (Wildman–Crippen LogP) is 1.19. The molecule has 0 aromatic carbocycles. The zero-order valence-corrected chi connectivity index (χ0v) is 10.6. The second kappa shape index (κ2) is 5.64. The number of rotatable bonds is 4. The number of nitrogens with one attached hydrogen (secondary N) is 1. The van der Waals surface area contributed by atoms with Gasteiger partial charge in [-0.2, -0.15) is 0 Å². The molecule has 1 heterocycles. The number of ether oxygens (including phenoxy) is 1. The van der Waals surface area contributed by atoms with Gasteiger partial charge in [-0.1, -0.05) is 13.3 Å². The van der Waals surface area contributed by atoms with E-state index in [9.17, 15) is 4.79 Å². The van der Waals surface area contributed by atoms with Crippen molar-refractivity contribution in [3.05, 3.63) is 0 Å². The minimum atomic E-state index is -0.365. The van der Waals surface area contributed by atoms with E-state index in [1.54, 1.807) is 0 Å². The van der Waals surface area contributed by atoms with Gasteiger partial charge < -0.3 is 15.8 Å². The predicted molar refractivity (Wildman–Crippen MR) is 64.1 cm³/mol. The molecule has 4 nitrogen and oxygen atoms in total. The zero-order valence-electron chi connectivity index (χ0n) is 10.6. The molecule has 1 aliphatic rings. The van der Waals surface area contributed by atoms with E-state index in [2.05, 4.69) is 19.2 Å². The Labute approximate surface area is 97.9 Å². The van der Waals surface area contributed by atoms with Gasteiger partial charge >= 0.3 is 0 Å². The Morgan fingerprint density at radius 1 is 1.62 bits per heavy atom. The van der Waals surface area contributed by atoms with E-state index in [1.807, 2.05) is 6.92 Å². The molecule has 1 amide bonds. The van der Waals surface area contributed by atoms with Crippen LogP contribution < -0.4 is 11.1 Å². The van der Waals surface area contributed by atoms with E-state index in [1.165, 1.54) is 0 Å². The molecular weight excluding hydrogens is 204 g/mol. The summed E-state index contributed by atoms with van der Waals surface area (Å²) in [6.45, 7) is 6.85. The van der Waals surface area contributed by atoms with Gasteiger partial charge in [-0.25, -0.2) is 0 Å². The Bertz CT molecular complexity index is 241. The lowest BCUT2D eigenvalue weighted by Crippen LogP contribution is -2.50. The summed E-state index contributed by atoms with van der Waals surface area (Å²) in [6, 6.07) is -0.157. The van der Waals surface area contributed by atoms with Crippen molar-refractivity contribution in [3.8, 4) is 0 Å². The van der Waals surface area contributed by atoms with Crippen LogP contribution in [0.4, 0.5) is 0 Å². The Morgan fingerprint density at radius 3 is 2.88 bits per heavy atom. The van der Waals surface area contributed by atoms with Crippen molar-refractivity contribution >= 4 is 5.91 Å². The first-order chi connectivity index (χ1) is 7.44. The molecule has 16 heavy (non-hydrogen) atoms. The molecule has 0 bridgehead atoms. The van der Waals surface area contributed by atoms with Gasteiger partial charge in [-0.15, -0.1) is 0 Å². The van der Waals surface area contributed by atoms with Gasteiger partial charge in [0.15, 0.2) is 0 Å². The average molecular weight is 228 g/mol. The molecule has 0 aliphatic carbocycles. The fourth-order valence-electron chi connectivity index (χ4n) is 2.11. The van der Waals surface area contributed by atoms with E-state index in [0.717, 1.165) is 25.7 Å². The molecule has 1 saturated heterocycles. The van der Waals surface area contributed by atoms with Crippen molar-refractivity contribution in [2.45, 2.75) is 64.1 Å². The summed E-state index contributed by atoms with van der Waals surface area (Å²) in [4.78, 5) is 11.7. The van der Waals surface area contributed by atoms with Crippen LogP contribution >= 0.6 is 0 Å². The van der Waals surface area contributed by atoms with Crippen LogP contribution in [0.5, 0.6) is 0 Å². The molecule has 1 aliphatic heterocycles. The van der Waals surface area contributed by atoms with Crippen molar-refractivity contribution in [2.75, 3.05) is 6.61 Å². The molecule has 1 rings (SSSR count). The molecule has 0 aromatic rings. The molecule has 0 aromatic heterocycles. The van der Waals surface area contributed by atoms with Gasteiger partial charge in [0, 0.05) is 12.6 Å². The van der Waals surface area contributed by atoms with Gasteiger partial charge in [0.2, 0.25) is 5.91 Å². The molecule has 2 unspecified atom stereocenters. The molecular formula is C12H24N2O2. The lowest BCUT2D eigenvalue weighted by Gasteiger charge is -2.36. The highest BCUT2D eigenvalue weighted by atomic mass is 16.5. The summed E-state index contributed by atoms with van der Waals surface area (Å²) < 4.78 is 5.60. The summed E-state index contributed by atoms with van der Waals surface area (Å²) in [5.41, 5.74) is 5.64. The maximum Gasteiger partial charge on any atom is 0.237 e. The third-order valence-corrected chi connectivity index (χ3v) is 2.98. The second-order valence-corrected chi connectivity index (χ2v) is 5.20. The third-order valence-electron chi connectivity index (χ3n) is 2.98. The summed E-state index contributed by atoms with van der Waals surface area (Å²) in [5.74, 6) is -0.0236. The van der Waals surface area contributed by atoms with Crippen LogP contribution in [0.15, 0.2) is 0 Å². The number of hydrogen-bond donors (Lipinski definition) is 2. The monoisotopic (exact) mass is 228 g/mol. The zero-order chi connectivity index (χ0) is 12.2. The second-order valence-electron chi connectivity index (χ2n) is 5.20. The fourth-order valence-corrected chi connectivity index (χ4v) is 2.11. The van der Waals surface area contributed by atoms with Crippen molar-refractivity contribution in [1.29, 1.82) is 0 Å². The third kappa shape index (κ3) is 4.10. The molecule has 1 fully saturated rings. The number of carbonyl (C=O) groups excluding carboxylic acids is 1. The number of carbonyl (C=O) groups is 1. The van der Waals surface area contributed by atoms with Crippen LogP contribution in [0.25, 0.3) is 0 Å². The molecule has 3 N–H and O–H groups in total. The van der Waals surface area contributed by atoms with Gasteiger partial charge in [-0.05, 0) is 33.1 Å². The van der Waals surface area contributed by atoms with E-state index in [0.29, 0.717) is 6.61 Å². The summed E-state index contributed by atoms with van der Waals surface area (Å²) in [5, 5.41) is 3.02. The van der Waals surface area contributed by atoms with Crippen LogP contribution in [-0.2, 0) is 9.53 Å². The minimum Gasteiger partial charge on any atom is -0.375 e.